The molecule has 4 heteroatoms. The van der Waals surface area contributed by atoms with Gasteiger partial charge in [0, 0.05) is 10.9 Å². The standard InChI is InChI=1S/C11H9BrO3/c1-6-2-3-9-7(4-6)8(5-10(13)14)11(12)15-9/h2-4H,5H2,1H3,(H,13,14). The minimum atomic E-state index is -0.861. The zero-order chi connectivity index (χ0) is 11.0. The molecule has 0 amide bonds. The fourth-order valence-corrected chi connectivity index (χ4v) is 2.08. The number of halogens is 1. The highest BCUT2D eigenvalue weighted by atomic mass is 79.9. The van der Waals surface area contributed by atoms with Crippen LogP contribution in [0.3, 0.4) is 0 Å². The normalized spacial score (nSPS) is 10.8. The van der Waals surface area contributed by atoms with Crippen LogP contribution in [0.1, 0.15) is 11.1 Å². The Labute approximate surface area is 94.8 Å². The first-order chi connectivity index (χ1) is 7.08. The molecule has 1 aromatic heterocycles. The molecule has 15 heavy (non-hydrogen) atoms. The van der Waals surface area contributed by atoms with Gasteiger partial charge in [0.05, 0.1) is 6.42 Å². The molecule has 78 valence electrons. The molecule has 0 radical (unpaired) electrons. The van der Waals surface area contributed by atoms with E-state index >= 15 is 0 Å². The van der Waals surface area contributed by atoms with E-state index in [0.717, 1.165) is 10.9 Å². The molecule has 1 heterocycles. The summed E-state index contributed by atoms with van der Waals surface area (Å²) in [5.41, 5.74) is 2.49. The van der Waals surface area contributed by atoms with Crippen LogP contribution in [-0.2, 0) is 11.2 Å². The lowest BCUT2D eigenvalue weighted by molar-refractivity contribution is -0.136. The van der Waals surface area contributed by atoms with Crippen molar-refractivity contribution in [3.05, 3.63) is 34.0 Å². The molecule has 0 aliphatic rings. The van der Waals surface area contributed by atoms with Gasteiger partial charge in [-0.15, -0.1) is 0 Å². The molecule has 0 saturated carbocycles. The summed E-state index contributed by atoms with van der Waals surface area (Å²) in [6.45, 7) is 1.96. The lowest BCUT2D eigenvalue weighted by atomic mass is 10.1. The smallest absolute Gasteiger partial charge is 0.308 e. The van der Waals surface area contributed by atoms with Gasteiger partial charge < -0.3 is 9.52 Å². The van der Waals surface area contributed by atoms with E-state index in [0.29, 0.717) is 15.8 Å². The molecule has 3 nitrogen and oxygen atoms in total. The Kier molecular flexibility index (Phi) is 2.52. The lowest BCUT2D eigenvalue weighted by Gasteiger charge is -1.95. The molecule has 0 bridgehead atoms. The summed E-state index contributed by atoms with van der Waals surface area (Å²) in [7, 11) is 0. The van der Waals surface area contributed by atoms with E-state index in [4.69, 9.17) is 9.52 Å². The molecule has 0 spiro atoms. The summed E-state index contributed by atoms with van der Waals surface area (Å²) in [5.74, 6) is -0.861. The first-order valence-corrected chi connectivity index (χ1v) is 5.26. The number of carboxylic acid groups (broad SMARTS) is 1. The van der Waals surface area contributed by atoms with Gasteiger partial charge in [-0.1, -0.05) is 11.6 Å². The Morgan fingerprint density at radius 1 is 1.53 bits per heavy atom. The second-order valence-corrected chi connectivity index (χ2v) is 4.14. The van der Waals surface area contributed by atoms with Crippen LogP contribution in [-0.4, -0.2) is 11.1 Å². The van der Waals surface area contributed by atoms with Crippen molar-refractivity contribution in [1.29, 1.82) is 0 Å². The van der Waals surface area contributed by atoms with Crippen molar-refractivity contribution in [1.82, 2.24) is 0 Å². The highest BCUT2D eigenvalue weighted by molar-refractivity contribution is 9.10. The molecule has 1 N–H and O–H groups in total. The molecule has 0 atom stereocenters. The Morgan fingerprint density at radius 3 is 2.93 bits per heavy atom. The van der Waals surface area contributed by atoms with Gasteiger partial charge >= 0.3 is 5.97 Å². The van der Waals surface area contributed by atoms with E-state index in [1.54, 1.807) is 0 Å². The number of carboxylic acids is 1. The second-order valence-electron chi connectivity index (χ2n) is 3.42. The van der Waals surface area contributed by atoms with Crippen molar-refractivity contribution >= 4 is 32.9 Å². The largest absolute Gasteiger partial charge is 0.481 e. The molecule has 0 saturated heterocycles. The maximum Gasteiger partial charge on any atom is 0.308 e. The van der Waals surface area contributed by atoms with Gasteiger partial charge in [0.2, 0.25) is 0 Å². The minimum Gasteiger partial charge on any atom is -0.481 e. The van der Waals surface area contributed by atoms with Crippen LogP contribution < -0.4 is 0 Å². The summed E-state index contributed by atoms with van der Waals surface area (Å²) >= 11 is 3.23. The lowest BCUT2D eigenvalue weighted by Crippen LogP contribution is -1.99. The fourth-order valence-electron chi connectivity index (χ4n) is 1.55. The zero-order valence-electron chi connectivity index (χ0n) is 8.08. The summed E-state index contributed by atoms with van der Waals surface area (Å²) in [4.78, 5) is 10.7. The number of furan rings is 1. The summed E-state index contributed by atoms with van der Waals surface area (Å²) in [6, 6.07) is 5.71. The van der Waals surface area contributed by atoms with Crippen molar-refractivity contribution < 1.29 is 14.3 Å². The first-order valence-electron chi connectivity index (χ1n) is 4.47. The number of benzene rings is 1. The summed E-state index contributed by atoms with van der Waals surface area (Å²) < 4.78 is 5.91. The molecular weight excluding hydrogens is 260 g/mol. The first kappa shape index (κ1) is 10.2. The topological polar surface area (TPSA) is 50.4 Å². The van der Waals surface area contributed by atoms with E-state index in [2.05, 4.69) is 15.9 Å². The summed E-state index contributed by atoms with van der Waals surface area (Å²) in [6.07, 6.45) is -0.0307. The van der Waals surface area contributed by atoms with Crippen molar-refractivity contribution in [2.24, 2.45) is 0 Å². The number of hydrogen-bond donors (Lipinski definition) is 1. The molecule has 0 aliphatic carbocycles. The SMILES string of the molecule is Cc1ccc2oc(Br)c(CC(=O)O)c2c1. The van der Waals surface area contributed by atoms with Gasteiger partial charge in [0.1, 0.15) is 5.58 Å². The summed E-state index contributed by atoms with van der Waals surface area (Å²) in [5, 5.41) is 9.64. The Hall–Kier alpha value is -1.29. The molecule has 0 unspecified atom stereocenters. The number of carbonyl (C=O) groups is 1. The number of hydrogen-bond acceptors (Lipinski definition) is 2. The van der Waals surface area contributed by atoms with Crippen LogP contribution in [0.25, 0.3) is 11.0 Å². The maximum absolute atomic E-state index is 10.7. The van der Waals surface area contributed by atoms with E-state index in [-0.39, 0.29) is 6.42 Å². The van der Waals surface area contributed by atoms with Gasteiger partial charge in [-0.05, 0) is 35.0 Å². The fraction of sp³-hybridized carbons (Fsp3) is 0.182. The average Bonchev–Trinajstić information content (AvgIpc) is 2.43. The third kappa shape index (κ3) is 1.90. The van der Waals surface area contributed by atoms with Crippen molar-refractivity contribution in [2.45, 2.75) is 13.3 Å². The monoisotopic (exact) mass is 268 g/mol. The number of fused-ring (bicyclic) bond motifs is 1. The van der Waals surface area contributed by atoms with E-state index < -0.39 is 5.97 Å². The molecule has 0 fully saturated rings. The number of aliphatic carboxylic acids is 1. The van der Waals surface area contributed by atoms with Crippen LogP contribution in [0, 0.1) is 6.92 Å². The predicted molar refractivity (Wildman–Crippen MR) is 60.0 cm³/mol. The van der Waals surface area contributed by atoms with E-state index in [1.165, 1.54) is 0 Å². The zero-order valence-corrected chi connectivity index (χ0v) is 9.67. The number of aryl methyl sites for hydroxylation is 1. The van der Waals surface area contributed by atoms with Crippen LogP contribution in [0.5, 0.6) is 0 Å². The molecule has 1 aromatic carbocycles. The molecule has 2 rings (SSSR count). The second kappa shape index (κ2) is 3.70. The molecule has 0 aliphatic heterocycles. The average molecular weight is 269 g/mol. The number of rotatable bonds is 2. The van der Waals surface area contributed by atoms with Crippen LogP contribution in [0.15, 0.2) is 27.3 Å². The quantitative estimate of drug-likeness (QED) is 0.911. The van der Waals surface area contributed by atoms with Gasteiger partial charge in [0.15, 0.2) is 4.67 Å². The van der Waals surface area contributed by atoms with Gasteiger partial charge in [-0.25, -0.2) is 0 Å². The highest BCUT2D eigenvalue weighted by Crippen LogP contribution is 2.30. The molecular formula is C11H9BrO3. The van der Waals surface area contributed by atoms with Gasteiger partial charge in [0.25, 0.3) is 0 Å². The predicted octanol–water partition coefficient (Wildman–Crippen LogP) is 3.13. The van der Waals surface area contributed by atoms with Gasteiger partial charge in [-0.2, -0.15) is 0 Å². The third-order valence-electron chi connectivity index (χ3n) is 2.23. The van der Waals surface area contributed by atoms with Crippen LogP contribution in [0.2, 0.25) is 0 Å². The maximum atomic E-state index is 10.7. The van der Waals surface area contributed by atoms with Crippen LogP contribution >= 0.6 is 15.9 Å². The van der Waals surface area contributed by atoms with E-state index in [9.17, 15) is 4.79 Å². The van der Waals surface area contributed by atoms with Crippen LogP contribution in [0.4, 0.5) is 0 Å². The van der Waals surface area contributed by atoms with Crippen molar-refractivity contribution in [3.8, 4) is 0 Å². The highest BCUT2D eigenvalue weighted by Gasteiger charge is 2.14. The molecule has 2 aromatic rings. The van der Waals surface area contributed by atoms with Crippen molar-refractivity contribution in [3.63, 3.8) is 0 Å². The Morgan fingerprint density at radius 2 is 2.27 bits per heavy atom. The third-order valence-corrected chi connectivity index (χ3v) is 2.87. The Balaban J connectivity index is 2.65. The Bertz CT molecular complexity index is 528. The van der Waals surface area contributed by atoms with Crippen molar-refractivity contribution in [2.75, 3.05) is 0 Å². The minimum absolute atomic E-state index is 0.0307. The van der Waals surface area contributed by atoms with E-state index in [1.807, 2.05) is 25.1 Å². The van der Waals surface area contributed by atoms with Gasteiger partial charge in [-0.3, -0.25) is 4.79 Å².